The first-order valence-corrected chi connectivity index (χ1v) is 9.66. The first-order chi connectivity index (χ1) is 13.6. The van der Waals surface area contributed by atoms with Gasteiger partial charge in [0.2, 0.25) is 5.91 Å². The predicted octanol–water partition coefficient (Wildman–Crippen LogP) is 1.56. The summed E-state index contributed by atoms with van der Waals surface area (Å²) in [6.07, 6.45) is 1.18. The molecule has 2 aromatic rings. The second kappa shape index (κ2) is 9.66. The molecule has 2 heterocycles. The molecule has 8 nitrogen and oxygen atoms in total. The highest BCUT2D eigenvalue weighted by Crippen LogP contribution is 2.18. The summed E-state index contributed by atoms with van der Waals surface area (Å²) in [6, 6.07) is 8.00. The van der Waals surface area contributed by atoms with Crippen molar-refractivity contribution in [2.24, 2.45) is 0 Å². The van der Waals surface area contributed by atoms with E-state index in [-0.39, 0.29) is 11.9 Å². The maximum Gasteiger partial charge on any atom is 0.222 e. The number of carbonyl (C=O) groups is 1. The molecule has 8 heteroatoms. The quantitative estimate of drug-likeness (QED) is 0.740. The van der Waals surface area contributed by atoms with Crippen LogP contribution in [-0.4, -0.2) is 59.5 Å². The number of fused-ring (bicyclic) bond motifs is 1. The van der Waals surface area contributed by atoms with Crippen LogP contribution >= 0.6 is 0 Å². The van der Waals surface area contributed by atoms with E-state index in [4.69, 9.17) is 9.47 Å². The lowest BCUT2D eigenvalue weighted by molar-refractivity contribution is -0.122. The summed E-state index contributed by atoms with van der Waals surface area (Å²) in [4.78, 5) is 14.4. The third-order valence-electron chi connectivity index (χ3n) is 4.99. The van der Waals surface area contributed by atoms with Crippen molar-refractivity contribution in [1.82, 2.24) is 25.0 Å². The molecule has 1 N–H and O–H groups in total. The van der Waals surface area contributed by atoms with Gasteiger partial charge in [-0.05, 0) is 24.6 Å². The van der Waals surface area contributed by atoms with E-state index in [1.165, 1.54) is 5.56 Å². The van der Waals surface area contributed by atoms with Gasteiger partial charge in [-0.3, -0.25) is 9.69 Å². The number of carbonyl (C=O) groups excluding carboxylic acids is 1. The molecule has 1 aliphatic heterocycles. The van der Waals surface area contributed by atoms with Crippen LogP contribution in [0.5, 0.6) is 5.75 Å². The molecule has 0 saturated carbocycles. The van der Waals surface area contributed by atoms with Gasteiger partial charge < -0.3 is 19.4 Å². The van der Waals surface area contributed by atoms with Crippen LogP contribution in [0.4, 0.5) is 0 Å². The molecular formula is C20H29N5O3. The lowest BCUT2D eigenvalue weighted by Crippen LogP contribution is -2.30. The normalized spacial score (nSPS) is 15.5. The van der Waals surface area contributed by atoms with Crippen molar-refractivity contribution in [2.45, 2.75) is 38.9 Å². The van der Waals surface area contributed by atoms with E-state index >= 15 is 0 Å². The number of hydrogen-bond donors (Lipinski definition) is 1. The van der Waals surface area contributed by atoms with Crippen LogP contribution in [0.2, 0.25) is 0 Å². The molecule has 0 fully saturated rings. The highest BCUT2D eigenvalue weighted by molar-refractivity contribution is 5.76. The third kappa shape index (κ3) is 5.08. The Morgan fingerprint density at radius 2 is 2.11 bits per heavy atom. The Morgan fingerprint density at radius 1 is 1.25 bits per heavy atom. The first-order valence-electron chi connectivity index (χ1n) is 9.66. The van der Waals surface area contributed by atoms with Gasteiger partial charge in [-0.1, -0.05) is 12.1 Å². The summed E-state index contributed by atoms with van der Waals surface area (Å²) < 4.78 is 12.4. The maximum absolute atomic E-state index is 12.0. The Kier molecular flexibility index (Phi) is 7.00. The fourth-order valence-corrected chi connectivity index (χ4v) is 3.47. The van der Waals surface area contributed by atoms with Gasteiger partial charge in [0.05, 0.1) is 19.8 Å². The van der Waals surface area contributed by atoms with E-state index in [1.807, 2.05) is 19.1 Å². The number of nitrogens with one attached hydrogen (secondary N) is 1. The van der Waals surface area contributed by atoms with Gasteiger partial charge in [0.15, 0.2) is 5.82 Å². The van der Waals surface area contributed by atoms with Crippen molar-refractivity contribution in [2.75, 3.05) is 33.9 Å². The highest BCUT2D eigenvalue weighted by Gasteiger charge is 2.22. The summed E-state index contributed by atoms with van der Waals surface area (Å²) in [5, 5.41) is 11.7. The van der Waals surface area contributed by atoms with Crippen LogP contribution in [0.15, 0.2) is 24.3 Å². The smallest absolute Gasteiger partial charge is 0.222 e. The lowest BCUT2D eigenvalue weighted by Gasteiger charge is -2.20. The van der Waals surface area contributed by atoms with Crippen LogP contribution in [-0.2, 0) is 29.0 Å². The molecule has 1 aliphatic rings. The maximum atomic E-state index is 12.0. The third-order valence-corrected chi connectivity index (χ3v) is 4.99. The van der Waals surface area contributed by atoms with E-state index in [9.17, 15) is 4.79 Å². The second-order valence-electron chi connectivity index (χ2n) is 7.04. The molecule has 28 heavy (non-hydrogen) atoms. The topological polar surface area (TPSA) is 81.5 Å². The summed E-state index contributed by atoms with van der Waals surface area (Å²) >= 11 is 0. The Labute approximate surface area is 165 Å². The molecular weight excluding hydrogens is 358 g/mol. The molecule has 1 aromatic heterocycles. The fourth-order valence-electron chi connectivity index (χ4n) is 3.47. The summed E-state index contributed by atoms with van der Waals surface area (Å²) in [6.45, 7) is 5.86. The van der Waals surface area contributed by atoms with Crippen molar-refractivity contribution in [3.63, 3.8) is 0 Å². The predicted molar refractivity (Wildman–Crippen MR) is 105 cm³/mol. The molecule has 0 aliphatic carbocycles. The largest absolute Gasteiger partial charge is 0.497 e. The summed E-state index contributed by atoms with van der Waals surface area (Å²) in [5.74, 6) is 2.62. The van der Waals surface area contributed by atoms with Crippen molar-refractivity contribution in [1.29, 1.82) is 0 Å². The van der Waals surface area contributed by atoms with Gasteiger partial charge in [-0.2, -0.15) is 0 Å². The van der Waals surface area contributed by atoms with Crippen LogP contribution in [0.25, 0.3) is 0 Å². The minimum Gasteiger partial charge on any atom is -0.497 e. The number of nitrogens with zero attached hydrogens (tertiary/aromatic N) is 4. The van der Waals surface area contributed by atoms with Crippen LogP contribution < -0.4 is 10.1 Å². The van der Waals surface area contributed by atoms with Crippen molar-refractivity contribution >= 4 is 5.91 Å². The Hall–Kier alpha value is -2.45. The second-order valence-corrected chi connectivity index (χ2v) is 7.04. The molecule has 1 unspecified atom stereocenters. The molecule has 0 spiro atoms. The van der Waals surface area contributed by atoms with Crippen LogP contribution in [0, 0.1) is 0 Å². The van der Waals surface area contributed by atoms with Crippen LogP contribution in [0.1, 0.15) is 36.6 Å². The molecule has 1 aromatic carbocycles. The number of amides is 1. The molecule has 3 rings (SSSR count). The number of ether oxygens (including phenoxy) is 2. The monoisotopic (exact) mass is 387 g/mol. The molecule has 1 amide bonds. The van der Waals surface area contributed by atoms with Gasteiger partial charge in [0, 0.05) is 46.1 Å². The SMILES string of the molecule is COCCC(=O)NC(C)c1nnc2n1CCN(Cc1cccc(OC)c1)CC2. The zero-order chi connectivity index (χ0) is 19.9. The van der Waals surface area contributed by atoms with Crippen molar-refractivity contribution in [3.05, 3.63) is 41.5 Å². The standard InChI is InChI=1S/C20H29N5O3/c1-15(21-19(26)8-12-27-2)20-23-22-18-7-9-24(10-11-25(18)20)14-16-5-4-6-17(13-16)28-3/h4-6,13,15H,7-12,14H2,1-3H3,(H,21,26). The van der Waals surface area contributed by atoms with Crippen LogP contribution in [0.3, 0.4) is 0 Å². The number of aromatic nitrogens is 3. The number of hydrogen-bond acceptors (Lipinski definition) is 6. The summed E-state index contributed by atoms with van der Waals surface area (Å²) in [5.41, 5.74) is 1.23. The lowest BCUT2D eigenvalue weighted by atomic mass is 10.2. The fraction of sp³-hybridized carbons (Fsp3) is 0.550. The van der Waals surface area contributed by atoms with Gasteiger partial charge >= 0.3 is 0 Å². The van der Waals surface area contributed by atoms with Gasteiger partial charge in [-0.15, -0.1) is 10.2 Å². The number of methoxy groups -OCH3 is 2. The molecule has 1 atom stereocenters. The van der Waals surface area contributed by atoms with Crippen molar-refractivity contribution in [3.8, 4) is 5.75 Å². The Balaban J connectivity index is 1.61. The van der Waals surface area contributed by atoms with Gasteiger partial charge in [0.1, 0.15) is 11.6 Å². The first kappa shape index (κ1) is 20.3. The minimum absolute atomic E-state index is 0.0417. The van der Waals surface area contributed by atoms with Gasteiger partial charge in [0.25, 0.3) is 0 Å². The van der Waals surface area contributed by atoms with E-state index in [0.717, 1.165) is 50.0 Å². The zero-order valence-electron chi connectivity index (χ0n) is 16.9. The molecule has 0 saturated heterocycles. The molecule has 0 bridgehead atoms. The molecule has 152 valence electrons. The Morgan fingerprint density at radius 3 is 2.89 bits per heavy atom. The minimum atomic E-state index is -0.185. The van der Waals surface area contributed by atoms with Crippen molar-refractivity contribution < 1.29 is 14.3 Å². The number of rotatable bonds is 8. The molecule has 0 radical (unpaired) electrons. The van der Waals surface area contributed by atoms with E-state index in [0.29, 0.717) is 13.0 Å². The van der Waals surface area contributed by atoms with Gasteiger partial charge in [-0.25, -0.2) is 0 Å². The van der Waals surface area contributed by atoms with E-state index < -0.39 is 0 Å². The number of benzene rings is 1. The van der Waals surface area contributed by atoms with E-state index in [2.05, 4.69) is 37.1 Å². The average molecular weight is 387 g/mol. The average Bonchev–Trinajstić information content (AvgIpc) is 3.01. The zero-order valence-corrected chi connectivity index (χ0v) is 16.9. The summed E-state index contributed by atoms with van der Waals surface area (Å²) in [7, 11) is 3.28. The highest BCUT2D eigenvalue weighted by atomic mass is 16.5. The van der Waals surface area contributed by atoms with E-state index in [1.54, 1.807) is 14.2 Å². The Bertz CT molecular complexity index is 792.